The smallest absolute Gasteiger partial charge is 0.270 e. The summed E-state index contributed by atoms with van der Waals surface area (Å²) in [6, 6.07) is 14.7. The number of carbonyl (C=O) groups is 1. The molecule has 0 bridgehead atoms. The molecule has 2 aromatic carbocycles. The molecule has 0 saturated carbocycles. The van der Waals surface area contributed by atoms with Crippen molar-refractivity contribution in [3.8, 4) is 11.3 Å². The quantitative estimate of drug-likeness (QED) is 0.136. The van der Waals surface area contributed by atoms with Crippen LogP contribution in [-0.4, -0.2) is 17.0 Å². The van der Waals surface area contributed by atoms with Crippen LogP contribution in [0.15, 0.2) is 64.0 Å². The molecule has 4 aromatic rings. The molecule has 1 aliphatic rings. The highest BCUT2D eigenvalue weighted by molar-refractivity contribution is 7.16. The zero-order valence-electron chi connectivity index (χ0n) is 22.2. The van der Waals surface area contributed by atoms with Gasteiger partial charge in [0.05, 0.1) is 21.7 Å². The summed E-state index contributed by atoms with van der Waals surface area (Å²) in [4.78, 5) is 30.0. The first kappa shape index (κ1) is 28.1. The van der Waals surface area contributed by atoms with E-state index in [0.29, 0.717) is 44.3 Å². The van der Waals surface area contributed by atoms with E-state index in [4.69, 9.17) is 32.6 Å². The fourth-order valence-electron chi connectivity index (χ4n) is 4.87. The highest BCUT2D eigenvalue weighted by atomic mass is 35.5. The third-order valence-electron chi connectivity index (χ3n) is 7.17. The number of nitrogens with zero attached hydrogens (tertiary/aromatic N) is 2. The molecule has 1 aliphatic carbocycles. The number of fused-ring (bicyclic) bond motifs is 1. The number of thiophene rings is 1. The van der Waals surface area contributed by atoms with Gasteiger partial charge in [-0.3, -0.25) is 14.9 Å². The van der Waals surface area contributed by atoms with Crippen LogP contribution in [0, 0.1) is 21.4 Å². The summed E-state index contributed by atoms with van der Waals surface area (Å²) in [6.07, 6.45) is 4.32. The first-order chi connectivity index (χ1) is 19.0. The average molecular weight is 597 g/mol. The fraction of sp³-hybridized carbons (Fsp3) is 0.267. The SMILES string of the molecule is CC(C)(C)[C@@H]1CCc2c(sc(N=Cc3ccc(-c4ccc([N+](=O)[O-])cc4Cl)o3)c2C(=O)Nc2ccc(Cl)cc2)C1. The lowest BCUT2D eigenvalue weighted by molar-refractivity contribution is -0.384. The van der Waals surface area contributed by atoms with E-state index in [9.17, 15) is 14.9 Å². The first-order valence-electron chi connectivity index (χ1n) is 12.8. The second kappa shape index (κ2) is 11.2. The number of benzene rings is 2. The van der Waals surface area contributed by atoms with E-state index in [2.05, 4.69) is 26.1 Å². The molecule has 206 valence electrons. The minimum absolute atomic E-state index is 0.0955. The maximum Gasteiger partial charge on any atom is 0.270 e. The van der Waals surface area contributed by atoms with Crippen molar-refractivity contribution in [3.05, 3.63) is 96.5 Å². The summed E-state index contributed by atoms with van der Waals surface area (Å²) in [5, 5.41) is 15.5. The number of hydrogen-bond acceptors (Lipinski definition) is 6. The molecule has 5 rings (SSSR count). The molecule has 1 N–H and O–H groups in total. The van der Waals surface area contributed by atoms with E-state index in [1.807, 2.05) is 0 Å². The summed E-state index contributed by atoms with van der Waals surface area (Å²) < 4.78 is 5.93. The van der Waals surface area contributed by atoms with Gasteiger partial charge >= 0.3 is 0 Å². The van der Waals surface area contributed by atoms with Crippen LogP contribution >= 0.6 is 34.5 Å². The second-order valence-corrected chi connectivity index (χ2v) is 12.8. The molecular formula is C30H27Cl2N3O4S. The minimum atomic E-state index is -0.499. The molecule has 7 nitrogen and oxygen atoms in total. The number of non-ortho nitro benzene ring substituents is 1. The van der Waals surface area contributed by atoms with Crippen molar-refractivity contribution in [3.63, 3.8) is 0 Å². The monoisotopic (exact) mass is 595 g/mol. The average Bonchev–Trinajstić information content (AvgIpc) is 3.52. The van der Waals surface area contributed by atoms with Crippen molar-refractivity contribution in [2.24, 2.45) is 16.3 Å². The number of halogens is 2. The van der Waals surface area contributed by atoms with E-state index in [1.54, 1.807) is 60.0 Å². The number of furan rings is 1. The van der Waals surface area contributed by atoms with E-state index in [0.717, 1.165) is 24.8 Å². The Morgan fingerprint density at radius 1 is 1.15 bits per heavy atom. The van der Waals surface area contributed by atoms with Gasteiger partial charge in [0.15, 0.2) is 0 Å². The lowest BCUT2D eigenvalue weighted by atomic mass is 9.72. The van der Waals surface area contributed by atoms with E-state index in [1.165, 1.54) is 17.0 Å². The summed E-state index contributed by atoms with van der Waals surface area (Å²) in [7, 11) is 0. The van der Waals surface area contributed by atoms with Gasteiger partial charge in [0.2, 0.25) is 0 Å². The molecule has 2 aromatic heterocycles. The predicted octanol–water partition coefficient (Wildman–Crippen LogP) is 9.38. The number of rotatable bonds is 6. The number of amides is 1. The Morgan fingerprint density at radius 3 is 2.58 bits per heavy atom. The molecule has 10 heteroatoms. The second-order valence-electron chi connectivity index (χ2n) is 10.8. The normalized spacial score (nSPS) is 15.3. The zero-order chi connectivity index (χ0) is 28.6. The summed E-state index contributed by atoms with van der Waals surface area (Å²) >= 11 is 13.8. The van der Waals surface area contributed by atoms with Crippen LogP contribution in [0.25, 0.3) is 11.3 Å². The molecule has 0 unspecified atom stereocenters. The largest absolute Gasteiger partial charge is 0.455 e. The molecular weight excluding hydrogens is 569 g/mol. The molecule has 1 amide bonds. The number of nitrogens with one attached hydrogen (secondary N) is 1. The minimum Gasteiger partial charge on any atom is -0.455 e. The van der Waals surface area contributed by atoms with Gasteiger partial charge < -0.3 is 9.73 Å². The molecule has 0 fully saturated rings. The topological polar surface area (TPSA) is 97.7 Å². The number of nitro benzene ring substituents is 1. The maximum absolute atomic E-state index is 13.5. The van der Waals surface area contributed by atoms with Crippen LogP contribution in [0.3, 0.4) is 0 Å². The van der Waals surface area contributed by atoms with Gasteiger partial charge in [0.25, 0.3) is 11.6 Å². The van der Waals surface area contributed by atoms with Crippen LogP contribution in [0.4, 0.5) is 16.4 Å². The number of aliphatic imine (C=N–C) groups is 1. The van der Waals surface area contributed by atoms with Gasteiger partial charge in [-0.2, -0.15) is 0 Å². The van der Waals surface area contributed by atoms with Crippen LogP contribution in [0.1, 0.15) is 53.8 Å². The Labute approximate surface area is 246 Å². The zero-order valence-corrected chi connectivity index (χ0v) is 24.5. The lowest BCUT2D eigenvalue weighted by Crippen LogP contribution is -2.27. The van der Waals surface area contributed by atoms with Gasteiger partial charge in [-0.1, -0.05) is 44.0 Å². The van der Waals surface area contributed by atoms with Gasteiger partial charge in [-0.05, 0) is 78.6 Å². The predicted molar refractivity (Wildman–Crippen MR) is 162 cm³/mol. The number of hydrogen-bond donors (Lipinski definition) is 1. The summed E-state index contributed by atoms with van der Waals surface area (Å²) in [5.41, 5.74) is 2.91. The molecule has 40 heavy (non-hydrogen) atoms. The Balaban J connectivity index is 1.46. The van der Waals surface area contributed by atoms with Crippen molar-refractivity contribution in [2.45, 2.75) is 40.0 Å². The van der Waals surface area contributed by atoms with E-state index in [-0.39, 0.29) is 22.0 Å². The lowest BCUT2D eigenvalue weighted by Gasteiger charge is -2.33. The van der Waals surface area contributed by atoms with Crippen molar-refractivity contribution in [2.75, 3.05) is 5.32 Å². The third kappa shape index (κ3) is 5.99. The van der Waals surface area contributed by atoms with Crippen molar-refractivity contribution < 1.29 is 14.1 Å². The molecule has 2 heterocycles. The Bertz CT molecular complexity index is 1620. The highest BCUT2D eigenvalue weighted by Crippen LogP contribution is 2.45. The van der Waals surface area contributed by atoms with Crippen molar-refractivity contribution >= 4 is 63.0 Å². The molecule has 0 saturated heterocycles. The van der Waals surface area contributed by atoms with Crippen LogP contribution in [0.5, 0.6) is 0 Å². The standard InChI is InChI=1S/C30H27Cl2N3O4S/c1-30(2,3)17-4-11-23-26(14-17)40-29(27(23)28(36)34-19-7-5-18(31)6-8-19)33-16-21-10-13-25(39-21)22-12-9-20(35(37)38)15-24(22)32/h5-10,12-13,15-17H,4,11,14H2,1-3H3,(H,34,36)/t17-/m1/s1. The third-order valence-corrected chi connectivity index (χ3v) is 8.89. The number of nitro groups is 1. The Morgan fingerprint density at radius 2 is 1.90 bits per heavy atom. The van der Waals surface area contributed by atoms with Gasteiger partial charge in [-0.25, -0.2) is 4.99 Å². The number of anilines is 1. The van der Waals surface area contributed by atoms with Gasteiger partial charge in [-0.15, -0.1) is 11.3 Å². The summed E-state index contributed by atoms with van der Waals surface area (Å²) in [6.45, 7) is 6.78. The Hall–Kier alpha value is -3.46. The molecule has 1 atom stereocenters. The van der Waals surface area contributed by atoms with E-state index >= 15 is 0 Å². The molecule has 0 radical (unpaired) electrons. The van der Waals surface area contributed by atoms with Crippen LogP contribution < -0.4 is 5.32 Å². The maximum atomic E-state index is 13.5. The highest BCUT2D eigenvalue weighted by Gasteiger charge is 2.33. The summed E-state index contributed by atoms with van der Waals surface area (Å²) in [5.74, 6) is 1.23. The van der Waals surface area contributed by atoms with Crippen molar-refractivity contribution in [1.82, 2.24) is 0 Å². The fourth-order valence-corrected chi connectivity index (χ4v) is 6.53. The van der Waals surface area contributed by atoms with Crippen LogP contribution in [0.2, 0.25) is 10.0 Å². The first-order valence-corrected chi connectivity index (χ1v) is 14.4. The van der Waals surface area contributed by atoms with E-state index < -0.39 is 4.92 Å². The van der Waals surface area contributed by atoms with Crippen molar-refractivity contribution in [1.29, 1.82) is 0 Å². The molecule has 0 aliphatic heterocycles. The Kier molecular flexibility index (Phi) is 7.86. The van der Waals surface area contributed by atoms with Gasteiger partial charge in [0, 0.05) is 33.3 Å². The number of carbonyl (C=O) groups excluding carboxylic acids is 1. The van der Waals surface area contributed by atoms with Gasteiger partial charge in [0.1, 0.15) is 16.5 Å². The van der Waals surface area contributed by atoms with Crippen LogP contribution in [-0.2, 0) is 12.8 Å². The molecule has 0 spiro atoms.